The lowest BCUT2D eigenvalue weighted by Crippen LogP contribution is -2.35. The average molecular weight is 295 g/mol. The molecule has 0 saturated heterocycles. The quantitative estimate of drug-likeness (QED) is 0.918. The summed E-state index contributed by atoms with van der Waals surface area (Å²) < 4.78 is 0. The van der Waals surface area contributed by atoms with Gasteiger partial charge in [0.25, 0.3) is 0 Å². The third-order valence-electron chi connectivity index (χ3n) is 4.33. The van der Waals surface area contributed by atoms with E-state index in [0.717, 1.165) is 19.6 Å². The molecule has 2 aromatic rings. The molecule has 22 heavy (non-hydrogen) atoms. The summed E-state index contributed by atoms with van der Waals surface area (Å²) in [6.45, 7) is 2.71. The minimum atomic E-state index is -0.711. The fourth-order valence-electron chi connectivity index (χ4n) is 3.27. The van der Waals surface area contributed by atoms with Gasteiger partial charge in [0, 0.05) is 25.4 Å². The topological polar surface area (TPSA) is 40.5 Å². The lowest BCUT2D eigenvalue weighted by molar-refractivity contribution is -0.137. The molecule has 1 aliphatic heterocycles. The second-order valence-corrected chi connectivity index (χ2v) is 5.89. The third kappa shape index (κ3) is 3.37. The van der Waals surface area contributed by atoms with Crippen molar-refractivity contribution >= 4 is 5.97 Å². The zero-order chi connectivity index (χ0) is 15.4. The molecule has 3 rings (SSSR count). The van der Waals surface area contributed by atoms with Gasteiger partial charge in [-0.25, -0.2) is 0 Å². The van der Waals surface area contributed by atoms with Gasteiger partial charge in [-0.05, 0) is 29.7 Å². The summed E-state index contributed by atoms with van der Waals surface area (Å²) in [5.41, 5.74) is 4.10. The van der Waals surface area contributed by atoms with E-state index in [1.165, 1.54) is 16.7 Å². The molecule has 114 valence electrons. The summed E-state index contributed by atoms with van der Waals surface area (Å²) in [4.78, 5) is 13.1. The number of benzene rings is 2. The maximum atomic E-state index is 10.7. The Morgan fingerprint density at radius 3 is 2.59 bits per heavy atom. The van der Waals surface area contributed by atoms with Crippen molar-refractivity contribution in [3.05, 3.63) is 71.3 Å². The Morgan fingerprint density at radius 2 is 1.82 bits per heavy atom. The van der Waals surface area contributed by atoms with Crippen LogP contribution >= 0.6 is 0 Å². The fourth-order valence-corrected chi connectivity index (χ4v) is 3.27. The number of carboxylic acids is 1. The average Bonchev–Trinajstić information content (AvgIpc) is 2.54. The van der Waals surface area contributed by atoms with E-state index in [1.807, 2.05) is 6.07 Å². The van der Waals surface area contributed by atoms with Crippen molar-refractivity contribution in [1.82, 2.24) is 4.90 Å². The normalized spacial score (nSPS) is 17.9. The standard InChI is InChI=1S/C19H21NO2/c21-19(22)11-6-12-20-13-16-9-4-5-10-17(16)18(14-20)15-7-2-1-3-8-15/h1-5,7-10,18H,6,11-14H2,(H,21,22)/t18-/m1/s1. The van der Waals surface area contributed by atoms with Gasteiger partial charge in [-0.3, -0.25) is 9.69 Å². The van der Waals surface area contributed by atoms with Crippen molar-refractivity contribution in [3.63, 3.8) is 0 Å². The van der Waals surface area contributed by atoms with Gasteiger partial charge in [-0.2, -0.15) is 0 Å². The van der Waals surface area contributed by atoms with Gasteiger partial charge in [0.15, 0.2) is 0 Å². The highest BCUT2D eigenvalue weighted by Crippen LogP contribution is 2.33. The molecule has 0 radical (unpaired) electrons. The summed E-state index contributed by atoms with van der Waals surface area (Å²) in [5, 5.41) is 8.81. The number of nitrogens with zero attached hydrogens (tertiary/aromatic N) is 1. The molecule has 1 atom stereocenters. The molecule has 0 unspecified atom stereocenters. The smallest absolute Gasteiger partial charge is 0.303 e. The van der Waals surface area contributed by atoms with Crippen LogP contribution in [0.15, 0.2) is 54.6 Å². The largest absolute Gasteiger partial charge is 0.481 e. The Hall–Kier alpha value is -2.13. The predicted molar refractivity (Wildman–Crippen MR) is 86.9 cm³/mol. The molecular formula is C19H21NO2. The molecule has 0 bridgehead atoms. The van der Waals surface area contributed by atoms with Gasteiger partial charge < -0.3 is 5.11 Å². The molecular weight excluding hydrogens is 274 g/mol. The first-order valence-corrected chi connectivity index (χ1v) is 7.81. The monoisotopic (exact) mass is 295 g/mol. The fraction of sp³-hybridized carbons (Fsp3) is 0.316. The van der Waals surface area contributed by atoms with Gasteiger partial charge in [0.2, 0.25) is 0 Å². The van der Waals surface area contributed by atoms with Gasteiger partial charge in [0.05, 0.1) is 0 Å². The lowest BCUT2D eigenvalue weighted by atomic mass is 9.84. The molecule has 1 N–H and O–H groups in total. The van der Waals surface area contributed by atoms with Gasteiger partial charge >= 0.3 is 5.97 Å². The number of carbonyl (C=O) groups is 1. The van der Waals surface area contributed by atoms with Crippen molar-refractivity contribution in [2.24, 2.45) is 0 Å². The van der Waals surface area contributed by atoms with Crippen LogP contribution in [0.1, 0.15) is 35.4 Å². The molecule has 3 heteroatoms. The maximum Gasteiger partial charge on any atom is 0.303 e. The molecule has 3 nitrogen and oxygen atoms in total. The maximum absolute atomic E-state index is 10.7. The third-order valence-corrected chi connectivity index (χ3v) is 4.33. The molecule has 2 aromatic carbocycles. The van der Waals surface area contributed by atoms with Crippen molar-refractivity contribution in [2.75, 3.05) is 13.1 Å². The van der Waals surface area contributed by atoms with Gasteiger partial charge in [-0.15, -0.1) is 0 Å². The molecule has 0 spiro atoms. The van der Waals surface area contributed by atoms with Crippen LogP contribution in [0.25, 0.3) is 0 Å². The summed E-state index contributed by atoms with van der Waals surface area (Å²) in [6.07, 6.45) is 0.952. The number of hydrogen-bond acceptors (Lipinski definition) is 2. The minimum Gasteiger partial charge on any atom is -0.481 e. The van der Waals surface area contributed by atoms with Crippen LogP contribution in [0.3, 0.4) is 0 Å². The first-order chi connectivity index (χ1) is 10.7. The van der Waals surface area contributed by atoms with E-state index in [0.29, 0.717) is 12.3 Å². The van der Waals surface area contributed by atoms with Crippen LogP contribution in [0.4, 0.5) is 0 Å². The lowest BCUT2D eigenvalue weighted by Gasteiger charge is -2.35. The summed E-state index contributed by atoms with van der Waals surface area (Å²) in [7, 11) is 0. The number of rotatable bonds is 5. The van der Waals surface area contributed by atoms with E-state index in [9.17, 15) is 4.79 Å². The van der Waals surface area contributed by atoms with Crippen LogP contribution in [0.5, 0.6) is 0 Å². The zero-order valence-electron chi connectivity index (χ0n) is 12.6. The zero-order valence-corrected chi connectivity index (χ0v) is 12.6. The second kappa shape index (κ2) is 6.75. The van der Waals surface area contributed by atoms with Gasteiger partial charge in [0.1, 0.15) is 0 Å². The summed E-state index contributed by atoms with van der Waals surface area (Å²) >= 11 is 0. The molecule has 0 fully saturated rings. The Balaban J connectivity index is 1.81. The summed E-state index contributed by atoms with van der Waals surface area (Å²) in [6, 6.07) is 19.2. The second-order valence-electron chi connectivity index (χ2n) is 5.89. The SMILES string of the molecule is O=C(O)CCCN1Cc2ccccc2[C@@H](c2ccccc2)C1. The van der Waals surface area contributed by atoms with E-state index in [4.69, 9.17) is 5.11 Å². The van der Waals surface area contributed by atoms with E-state index in [1.54, 1.807) is 0 Å². The Labute approximate surface area is 131 Å². The first-order valence-electron chi connectivity index (χ1n) is 7.81. The van der Waals surface area contributed by atoms with Crippen molar-refractivity contribution in [3.8, 4) is 0 Å². The highest BCUT2D eigenvalue weighted by Gasteiger charge is 2.25. The van der Waals surface area contributed by atoms with Crippen LogP contribution in [-0.2, 0) is 11.3 Å². The van der Waals surface area contributed by atoms with E-state index >= 15 is 0 Å². The van der Waals surface area contributed by atoms with E-state index < -0.39 is 5.97 Å². The van der Waals surface area contributed by atoms with Crippen LogP contribution in [-0.4, -0.2) is 29.1 Å². The Bertz CT molecular complexity index is 639. The van der Waals surface area contributed by atoms with Crippen LogP contribution in [0, 0.1) is 0 Å². The predicted octanol–water partition coefficient (Wildman–Crippen LogP) is 3.50. The number of fused-ring (bicyclic) bond motifs is 1. The molecule has 0 aromatic heterocycles. The number of aliphatic carboxylic acids is 1. The summed E-state index contributed by atoms with van der Waals surface area (Å²) in [5.74, 6) is -0.340. The number of hydrogen-bond donors (Lipinski definition) is 1. The molecule has 0 aliphatic carbocycles. The minimum absolute atomic E-state index is 0.244. The molecule has 0 saturated carbocycles. The highest BCUT2D eigenvalue weighted by molar-refractivity contribution is 5.66. The van der Waals surface area contributed by atoms with E-state index in [2.05, 4.69) is 53.4 Å². The molecule has 1 aliphatic rings. The molecule has 0 amide bonds. The first kappa shape index (κ1) is 14.8. The van der Waals surface area contributed by atoms with Crippen molar-refractivity contribution < 1.29 is 9.90 Å². The number of carboxylic acid groups (broad SMARTS) is 1. The molecule has 1 heterocycles. The Kier molecular flexibility index (Phi) is 4.54. The van der Waals surface area contributed by atoms with Gasteiger partial charge in [-0.1, -0.05) is 54.6 Å². The van der Waals surface area contributed by atoms with Crippen LogP contribution in [0.2, 0.25) is 0 Å². The van der Waals surface area contributed by atoms with E-state index in [-0.39, 0.29) is 6.42 Å². The van der Waals surface area contributed by atoms with Crippen LogP contribution < -0.4 is 0 Å². The highest BCUT2D eigenvalue weighted by atomic mass is 16.4. The van der Waals surface area contributed by atoms with Crippen molar-refractivity contribution in [2.45, 2.75) is 25.3 Å². The van der Waals surface area contributed by atoms with Crippen molar-refractivity contribution in [1.29, 1.82) is 0 Å². The Morgan fingerprint density at radius 1 is 1.09 bits per heavy atom.